The number of benzene rings is 2. The molecule has 3 rings (SSSR count). The average molecular weight is 432 g/mol. The molecule has 0 saturated heterocycles. The van der Waals surface area contributed by atoms with Crippen LogP contribution in [-0.2, 0) is 24.3 Å². The van der Waals surface area contributed by atoms with Crippen LogP contribution in [0.4, 0.5) is 5.69 Å². The number of hydrogen-bond acceptors (Lipinski definition) is 7. The van der Waals surface area contributed by atoms with E-state index in [1.54, 1.807) is 13.0 Å². The second-order valence-electron chi connectivity index (χ2n) is 6.70. The summed E-state index contributed by atoms with van der Waals surface area (Å²) in [5.74, 6) is -1.31. The van der Waals surface area contributed by atoms with Gasteiger partial charge in [-0.15, -0.1) is 0 Å². The molecule has 2 aromatic carbocycles. The lowest BCUT2D eigenvalue weighted by atomic mass is 10.1. The Labute approximate surface area is 173 Å². The molecule has 1 aliphatic heterocycles. The Morgan fingerprint density at radius 2 is 1.90 bits per heavy atom. The van der Waals surface area contributed by atoms with Crippen molar-refractivity contribution < 1.29 is 32.3 Å². The second-order valence-corrected chi connectivity index (χ2v) is 8.47. The molecule has 0 bridgehead atoms. The third-order valence-corrected chi connectivity index (χ3v) is 5.89. The Morgan fingerprint density at radius 1 is 1.13 bits per heavy atom. The van der Waals surface area contributed by atoms with E-state index in [0.29, 0.717) is 11.4 Å². The first-order valence-corrected chi connectivity index (χ1v) is 10.5. The summed E-state index contributed by atoms with van der Waals surface area (Å²) in [6, 6.07) is 9.05. The summed E-state index contributed by atoms with van der Waals surface area (Å²) >= 11 is 0. The number of rotatable bonds is 7. The monoisotopic (exact) mass is 432 g/mol. The van der Waals surface area contributed by atoms with Gasteiger partial charge in [0.05, 0.1) is 10.6 Å². The van der Waals surface area contributed by atoms with E-state index in [2.05, 4.69) is 10.0 Å². The summed E-state index contributed by atoms with van der Waals surface area (Å²) in [5, 5.41) is 2.58. The van der Waals surface area contributed by atoms with Gasteiger partial charge in [0.2, 0.25) is 10.0 Å². The van der Waals surface area contributed by atoms with Crippen molar-refractivity contribution in [1.29, 1.82) is 0 Å². The van der Waals surface area contributed by atoms with Crippen LogP contribution in [0.25, 0.3) is 0 Å². The van der Waals surface area contributed by atoms with Gasteiger partial charge >= 0.3 is 5.97 Å². The van der Waals surface area contributed by atoms with Gasteiger partial charge in [-0.05, 0) is 55.3 Å². The molecule has 158 valence electrons. The van der Waals surface area contributed by atoms with Crippen molar-refractivity contribution >= 4 is 33.4 Å². The minimum absolute atomic E-state index is 0.0350. The van der Waals surface area contributed by atoms with Gasteiger partial charge in [-0.25, -0.2) is 8.42 Å². The highest BCUT2D eigenvalue weighted by Crippen LogP contribution is 2.28. The number of carbonyl (C=O) groups is 3. The molecule has 1 aliphatic rings. The minimum atomic E-state index is -3.89. The maximum Gasteiger partial charge on any atom is 0.321 e. The number of amides is 1. The number of esters is 1. The molecule has 0 spiro atoms. The van der Waals surface area contributed by atoms with E-state index < -0.39 is 34.9 Å². The Bertz CT molecular complexity index is 1130. The number of aryl methyl sites for hydroxylation is 2. The van der Waals surface area contributed by atoms with Crippen molar-refractivity contribution in [2.45, 2.75) is 18.7 Å². The van der Waals surface area contributed by atoms with Crippen LogP contribution in [-0.4, -0.2) is 45.8 Å². The van der Waals surface area contributed by atoms with Gasteiger partial charge in [0.1, 0.15) is 12.3 Å². The molecule has 1 heterocycles. The van der Waals surface area contributed by atoms with Crippen LogP contribution in [0.15, 0.2) is 41.3 Å². The number of fused-ring (bicyclic) bond motifs is 1. The SMILES string of the molecule is Cc1ccc(S(=O)(=O)NCC(=O)OCC(=O)c2ccc3c(c2)NC(=O)CO3)cc1C. The summed E-state index contributed by atoms with van der Waals surface area (Å²) < 4.78 is 36.8. The van der Waals surface area contributed by atoms with Crippen LogP contribution < -0.4 is 14.8 Å². The molecule has 1 amide bonds. The van der Waals surface area contributed by atoms with E-state index in [9.17, 15) is 22.8 Å². The molecule has 0 aliphatic carbocycles. The largest absolute Gasteiger partial charge is 0.482 e. The highest BCUT2D eigenvalue weighted by atomic mass is 32.2. The highest BCUT2D eigenvalue weighted by Gasteiger charge is 2.20. The standard InChI is InChI=1S/C20H20N2O7S/c1-12-3-5-15(7-13(12)2)30(26,27)21-9-20(25)29-10-17(23)14-4-6-18-16(8-14)22-19(24)11-28-18/h3-8,21H,9-11H2,1-2H3,(H,22,24). The zero-order valence-electron chi connectivity index (χ0n) is 16.4. The topological polar surface area (TPSA) is 128 Å². The van der Waals surface area contributed by atoms with Gasteiger partial charge in [-0.3, -0.25) is 14.4 Å². The molecule has 10 heteroatoms. The van der Waals surface area contributed by atoms with Crippen LogP contribution in [0.5, 0.6) is 5.75 Å². The number of carbonyl (C=O) groups excluding carboxylic acids is 3. The number of nitrogens with one attached hydrogen (secondary N) is 2. The molecular weight excluding hydrogens is 412 g/mol. The maximum absolute atomic E-state index is 12.3. The highest BCUT2D eigenvalue weighted by molar-refractivity contribution is 7.89. The predicted octanol–water partition coefficient (Wildman–Crippen LogP) is 1.34. The summed E-state index contributed by atoms with van der Waals surface area (Å²) in [5.41, 5.74) is 2.31. The van der Waals surface area contributed by atoms with Gasteiger partial charge in [0.25, 0.3) is 5.91 Å². The predicted molar refractivity (Wildman–Crippen MR) is 107 cm³/mol. The van der Waals surface area contributed by atoms with Gasteiger partial charge in [-0.1, -0.05) is 6.07 Å². The fourth-order valence-corrected chi connectivity index (χ4v) is 3.71. The quantitative estimate of drug-likeness (QED) is 0.499. The van der Waals surface area contributed by atoms with Crippen LogP contribution in [0.3, 0.4) is 0 Å². The van der Waals surface area contributed by atoms with Crippen molar-refractivity contribution in [3.63, 3.8) is 0 Å². The zero-order chi connectivity index (χ0) is 21.9. The number of anilines is 1. The van der Waals surface area contributed by atoms with Crippen molar-refractivity contribution in [3.8, 4) is 5.75 Å². The third kappa shape index (κ3) is 5.02. The molecule has 30 heavy (non-hydrogen) atoms. The van der Waals surface area contributed by atoms with E-state index in [-0.39, 0.29) is 23.0 Å². The van der Waals surface area contributed by atoms with Crippen LogP contribution in [0, 0.1) is 13.8 Å². The Morgan fingerprint density at radius 3 is 2.63 bits per heavy atom. The molecule has 9 nitrogen and oxygen atoms in total. The molecule has 0 fully saturated rings. The first kappa shape index (κ1) is 21.5. The van der Waals surface area contributed by atoms with Crippen molar-refractivity contribution in [3.05, 3.63) is 53.1 Å². The van der Waals surface area contributed by atoms with Gasteiger partial charge < -0.3 is 14.8 Å². The maximum atomic E-state index is 12.3. The fraction of sp³-hybridized carbons (Fsp3) is 0.250. The van der Waals surface area contributed by atoms with Crippen LogP contribution in [0.1, 0.15) is 21.5 Å². The second kappa shape index (κ2) is 8.64. The Kier molecular flexibility index (Phi) is 6.18. The smallest absolute Gasteiger partial charge is 0.321 e. The van der Waals surface area contributed by atoms with Gasteiger partial charge in [0, 0.05) is 5.56 Å². The fourth-order valence-electron chi connectivity index (χ4n) is 2.66. The molecule has 0 radical (unpaired) electrons. The lowest BCUT2D eigenvalue weighted by molar-refractivity contribution is -0.141. The van der Waals surface area contributed by atoms with Crippen LogP contribution in [0.2, 0.25) is 0 Å². The minimum Gasteiger partial charge on any atom is -0.482 e. The average Bonchev–Trinajstić information content (AvgIpc) is 2.71. The molecular formula is C20H20N2O7S. The number of sulfonamides is 1. The third-order valence-electron chi connectivity index (χ3n) is 4.49. The van der Waals surface area contributed by atoms with Gasteiger partial charge in [-0.2, -0.15) is 4.72 Å². The molecule has 0 saturated carbocycles. The van der Waals surface area contributed by atoms with E-state index in [1.165, 1.54) is 30.3 Å². The number of hydrogen-bond donors (Lipinski definition) is 2. The summed E-state index contributed by atoms with van der Waals surface area (Å²) in [7, 11) is -3.89. The van der Waals surface area contributed by atoms with E-state index in [0.717, 1.165) is 11.1 Å². The molecule has 2 N–H and O–H groups in total. The lowest BCUT2D eigenvalue weighted by Gasteiger charge is -2.18. The molecule has 2 aromatic rings. The first-order valence-electron chi connectivity index (χ1n) is 8.98. The van der Waals surface area contributed by atoms with Crippen molar-refractivity contribution in [2.24, 2.45) is 0 Å². The molecule has 0 aromatic heterocycles. The zero-order valence-corrected chi connectivity index (χ0v) is 17.2. The summed E-state index contributed by atoms with van der Waals surface area (Å²) in [4.78, 5) is 35.5. The van der Waals surface area contributed by atoms with Gasteiger partial charge in [0.15, 0.2) is 19.0 Å². The van der Waals surface area contributed by atoms with Crippen molar-refractivity contribution in [1.82, 2.24) is 4.72 Å². The normalized spacial score (nSPS) is 13.1. The Balaban J connectivity index is 1.54. The number of ketones is 1. The molecule has 0 atom stereocenters. The number of Topliss-reactive ketones (excluding diaryl/α,β-unsaturated/α-hetero) is 1. The lowest BCUT2D eigenvalue weighted by Crippen LogP contribution is -2.31. The Hall–Kier alpha value is -3.24. The van der Waals surface area contributed by atoms with Crippen molar-refractivity contribution in [2.75, 3.05) is 25.1 Å². The summed E-state index contributed by atoms with van der Waals surface area (Å²) in [6.07, 6.45) is 0. The van der Waals surface area contributed by atoms with E-state index in [1.807, 2.05) is 6.92 Å². The summed E-state index contributed by atoms with van der Waals surface area (Å²) in [6.45, 7) is 2.36. The number of ether oxygens (including phenoxy) is 2. The first-order chi connectivity index (χ1) is 14.2. The van der Waals surface area contributed by atoms with Crippen LogP contribution >= 0.6 is 0 Å². The van der Waals surface area contributed by atoms with E-state index in [4.69, 9.17) is 9.47 Å². The van der Waals surface area contributed by atoms with E-state index >= 15 is 0 Å². The molecule has 0 unspecified atom stereocenters.